The second-order valence-electron chi connectivity index (χ2n) is 8.16. The van der Waals surface area contributed by atoms with Crippen molar-refractivity contribution >= 4 is 23.2 Å². The minimum absolute atomic E-state index is 0.0619. The third-order valence-electron chi connectivity index (χ3n) is 6.24. The highest BCUT2D eigenvalue weighted by atomic mass is 19.1. The summed E-state index contributed by atoms with van der Waals surface area (Å²) in [5, 5.41) is 10.8. The molecular formula is C23H25FN4O4. The molecule has 2 amide bonds. The average molecular weight is 440 g/mol. The number of carbonyl (C=O) groups is 2. The number of piperidine rings is 1. The molecule has 4 rings (SSSR count). The van der Waals surface area contributed by atoms with Crippen LogP contribution in [0.4, 0.5) is 15.8 Å². The van der Waals surface area contributed by atoms with Gasteiger partial charge in [0.1, 0.15) is 5.82 Å². The predicted molar refractivity (Wildman–Crippen MR) is 117 cm³/mol. The van der Waals surface area contributed by atoms with Gasteiger partial charge in [-0.2, -0.15) is 0 Å². The van der Waals surface area contributed by atoms with Crippen LogP contribution >= 0.6 is 0 Å². The molecule has 2 aliphatic rings. The quantitative estimate of drug-likeness (QED) is 0.539. The lowest BCUT2D eigenvalue weighted by Crippen LogP contribution is -2.52. The van der Waals surface area contributed by atoms with Crippen LogP contribution in [0, 0.1) is 21.8 Å². The zero-order valence-electron chi connectivity index (χ0n) is 17.7. The first-order valence-corrected chi connectivity index (χ1v) is 10.8. The van der Waals surface area contributed by atoms with E-state index in [1.165, 1.54) is 36.4 Å². The Morgan fingerprint density at radius 3 is 2.00 bits per heavy atom. The first-order valence-electron chi connectivity index (χ1n) is 10.8. The Bertz CT molecular complexity index is 980. The molecule has 2 aromatic carbocycles. The van der Waals surface area contributed by atoms with Gasteiger partial charge in [-0.15, -0.1) is 0 Å². The Balaban J connectivity index is 1.26. The number of likely N-dealkylation sites (tertiary alicyclic amines) is 1. The first-order chi connectivity index (χ1) is 15.4. The van der Waals surface area contributed by atoms with Crippen LogP contribution in [0.15, 0.2) is 48.5 Å². The molecule has 0 aliphatic carbocycles. The summed E-state index contributed by atoms with van der Waals surface area (Å²) in [6, 6.07) is 12.0. The number of non-ortho nitro benzene ring substituents is 1. The second-order valence-corrected chi connectivity index (χ2v) is 8.16. The van der Waals surface area contributed by atoms with Gasteiger partial charge in [-0.05, 0) is 49.2 Å². The normalized spacial score (nSPS) is 17.3. The van der Waals surface area contributed by atoms with Crippen molar-refractivity contribution in [2.24, 2.45) is 5.92 Å². The van der Waals surface area contributed by atoms with Gasteiger partial charge in [0.05, 0.1) is 4.92 Å². The Labute approximate surface area is 185 Å². The molecule has 2 aliphatic heterocycles. The lowest BCUT2D eigenvalue weighted by Gasteiger charge is -2.39. The van der Waals surface area contributed by atoms with Crippen LogP contribution in [-0.2, 0) is 4.79 Å². The van der Waals surface area contributed by atoms with Gasteiger partial charge in [-0.1, -0.05) is 0 Å². The number of nitro benzene ring substituents is 1. The van der Waals surface area contributed by atoms with E-state index in [0.717, 1.165) is 5.69 Å². The van der Waals surface area contributed by atoms with Crippen molar-refractivity contribution in [3.63, 3.8) is 0 Å². The molecule has 0 unspecified atom stereocenters. The van der Waals surface area contributed by atoms with Crippen molar-refractivity contribution in [3.05, 3.63) is 70.0 Å². The van der Waals surface area contributed by atoms with Crippen LogP contribution in [0.3, 0.4) is 0 Å². The summed E-state index contributed by atoms with van der Waals surface area (Å²) in [7, 11) is 0. The monoisotopic (exact) mass is 440 g/mol. The first kappa shape index (κ1) is 21.7. The summed E-state index contributed by atoms with van der Waals surface area (Å²) in [6.45, 7) is 3.57. The standard InChI is InChI=1S/C23H25FN4O4/c24-19-3-1-17(2-4-19)22(29)26-11-9-18(10-12-26)23(30)27-15-13-25(14-16-27)20-5-7-21(8-6-20)28(31)32/h1-8,18H,9-16H2. The molecule has 0 saturated carbocycles. The molecule has 9 heteroatoms. The maximum Gasteiger partial charge on any atom is 0.269 e. The van der Waals surface area contributed by atoms with Crippen molar-refractivity contribution in [1.29, 1.82) is 0 Å². The Morgan fingerprint density at radius 1 is 0.844 bits per heavy atom. The number of nitro groups is 1. The molecule has 0 radical (unpaired) electrons. The molecular weight excluding hydrogens is 415 g/mol. The summed E-state index contributed by atoms with van der Waals surface area (Å²) in [4.78, 5) is 41.7. The number of halogens is 1. The lowest BCUT2D eigenvalue weighted by atomic mass is 9.94. The van der Waals surface area contributed by atoms with Gasteiger partial charge in [0, 0.05) is 68.6 Å². The smallest absolute Gasteiger partial charge is 0.269 e. The summed E-state index contributed by atoms with van der Waals surface area (Å²) in [5.41, 5.74) is 1.43. The van der Waals surface area contributed by atoms with Crippen LogP contribution in [0.1, 0.15) is 23.2 Å². The molecule has 0 bridgehead atoms. The zero-order valence-corrected chi connectivity index (χ0v) is 17.7. The third kappa shape index (κ3) is 4.71. The number of rotatable bonds is 4. The summed E-state index contributed by atoms with van der Waals surface area (Å²) in [5.74, 6) is -0.479. The number of anilines is 1. The van der Waals surface area contributed by atoms with Crippen molar-refractivity contribution in [1.82, 2.24) is 9.80 Å². The van der Waals surface area contributed by atoms with Gasteiger partial charge in [0.2, 0.25) is 5.91 Å². The van der Waals surface area contributed by atoms with Gasteiger partial charge in [0.15, 0.2) is 0 Å². The largest absolute Gasteiger partial charge is 0.368 e. The second kappa shape index (κ2) is 9.33. The molecule has 2 saturated heterocycles. The molecule has 2 aromatic rings. The molecule has 0 spiro atoms. The van der Waals surface area contributed by atoms with Crippen molar-refractivity contribution < 1.29 is 18.9 Å². The number of hydrogen-bond acceptors (Lipinski definition) is 5. The number of hydrogen-bond donors (Lipinski definition) is 0. The topological polar surface area (TPSA) is 87.0 Å². The molecule has 2 heterocycles. The van der Waals surface area contributed by atoms with Crippen molar-refractivity contribution in [2.45, 2.75) is 12.8 Å². The van der Waals surface area contributed by atoms with Crippen LogP contribution in [-0.4, -0.2) is 65.8 Å². The zero-order chi connectivity index (χ0) is 22.7. The Kier molecular flexibility index (Phi) is 6.34. The van der Waals surface area contributed by atoms with Gasteiger partial charge < -0.3 is 14.7 Å². The van der Waals surface area contributed by atoms with Crippen LogP contribution in [0.5, 0.6) is 0 Å². The Morgan fingerprint density at radius 2 is 1.44 bits per heavy atom. The number of benzene rings is 2. The minimum atomic E-state index is -0.418. The molecule has 0 aromatic heterocycles. The summed E-state index contributed by atoms with van der Waals surface area (Å²) in [6.07, 6.45) is 1.24. The van der Waals surface area contributed by atoms with E-state index in [4.69, 9.17) is 0 Å². The van der Waals surface area contributed by atoms with Gasteiger partial charge in [-0.25, -0.2) is 4.39 Å². The fourth-order valence-electron chi connectivity index (χ4n) is 4.33. The number of amides is 2. The fraction of sp³-hybridized carbons (Fsp3) is 0.391. The molecule has 8 nitrogen and oxygen atoms in total. The fourth-order valence-corrected chi connectivity index (χ4v) is 4.33. The van der Waals surface area contributed by atoms with Gasteiger partial charge in [0.25, 0.3) is 11.6 Å². The third-order valence-corrected chi connectivity index (χ3v) is 6.24. The van der Waals surface area contributed by atoms with E-state index in [1.54, 1.807) is 17.0 Å². The van der Waals surface area contributed by atoms with Crippen LogP contribution in [0.2, 0.25) is 0 Å². The molecule has 32 heavy (non-hydrogen) atoms. The highest BCUT2D eigenvalue weighted by molar-refractivity contribution is 5.94. The van der Waals surface area contributed by atoms with E-state index < -0.39 is 4.92 Å². The van der Waals surface area contributed by atoms with Crippen molar-refractivity contribution in [3.8, 4) is 0 Å². The van der Waals surface area contributed by atoms with E-state index >= 15 is 0 Å². The minimum Gasteiger partial charge on any atom is -0.368 e. The maximum absolute atomic E-state index is 13.1. The van der Waals surface area contributed by atoms with Crippen molar-refractivity contribution in [2.75, 3.05) is 44.2 Å². The predicted octanol–water partition coefficient (Wildman–Crippen LogP) is 2.93. The van der Waals surface area contributed by atoms with E-state index in [9.17, 15) is 24.1 Å². The van der Waals surface area contributed by atoms with E-state index in [2.05, 4.69) is 4.90 Å². The van der Waals surface area contributed by atoms with Gasteiger partial charge in [-0.3, -0.25) is 19.7 Å². The highest BCUT2D eigenvalue weighted by Crippen LogP contribution is 2.24. The number of piperazine rings is 1. The van der Waals surface area contributed by atoms with Gasteiger partial charge >= 0.3 is 0 Å². The Hall–Kier alpha value is -3.49. The van der Waals surface area contributed by atoms with E-state index in [1.807, 2.05) is 4.90 Å². The van der Waals surface area contributed by atoms with E-state index in [0.29, 0.717) is 57.7 Å². The number of carbonyl (C=O) groups excluding carboxylic acids is 2. The SMILES string of the molecule is O=C(c1ccc(F)cc1)N1CCC(C(=O)N2CCN(c3ccc([N+](=O)[O-])cc3)CC2)CC1. The van der Waals surface area contributed by atoms with E-state index in [-0.39, 0.29) is 29.2 Å². The summed E-state index contributed by atoms with van der Waals surface area (Å²) >= 11 is 0. The molecule has 168 valence electrons. The highest BCUT2D eigenvalue weighted by Gasteiger charge is 2.32. The summed E-state index contributed by atoms with van der Waals surface area (Å²) < 4.78 is 13.1. The average Bonchev–Trinajstić information content (AvgIpc) is 2.84. The van der Waals surface area contributed by atoms with Crippen LogP contribution in [0.25, 0.3) is 0 Å². The molecule has 0 N–H and O–H groups in total. The number of nitrogens with zero attached hydrogens (tertiary/aromatic N) is 4. The molecule has 0 atom stereocenters. The maximum atomic E-state index is 13.1. The lowest BCUT2D eigenvalue weighted by molar-refractivity contribution is -0.384. The molecule has 2 fully saturated rings. The van der Waals surface area contributed by atoms with Crippen LogP contribution < -0.4 is 4.90 Å².